The molecular formula is C17H24N2O2S2. The Morgan fingerprint density at radius 3 is 2.35 bits per heavy atom. The van der Waals surface area contributed by atoms with E-state index in [4.69, 9.17) is 0 Å². The van der Waals surface area contributed by atoms with Crippen LogP contribution in [0.15, 0.2) is 47.8 Å². The highest BCUT2D eigenvalue weighted by molar-refractivity contribution is 7.88. The summed E-state index contributed by atoms with van der Waals surface area (Å²) >= 11 is 1.67. The third-order valence-corrected chi connectivity index (χ3v) is 6.11. The van der Waals surface area contributed by atoms with Crippen molar-refractivity contribution in [2.75, 3.05) is 19.6 Å². The Labute approximate surface area is 143 Å². The van der Waals surface area contributed by atoms with Gasteiger partial charge in [-0.25, -0.2) is 13.1 Å². The number of hydrogen-bond acceptors (Lipinski definition) is 4. The normalized spacial score (nSPS) is 13.3. The van der Waals surface area contributed by atoms with E-state index in [0.29, 0.717) is 6.54 Å². The third kappa shape index (κ3) is 5.42. The average Bonchev–Trinajstić information content (AvgIpc) is 3.06. The Bertz CT molecular complexity index is 666. The molecule has 23 heavy (non-hydrogen) atoms. The lowest BCUT2D eigenvalue weighted by atomic mass is 10.2. The minimum Gasteiger partial charge on any atom is -0.295 e. The summed E-state index contributed by atoms with van der Waals surface area (Å²) in [7, 11) is -3.34. The molecule has 1 aromatic heterocycles. The zero-order chi connectivity index (χ0) is 16.7. The smallest absolute Gasteiger partial charge is 0.215 e. The molecule has 0 spiro atoms. The highest BCUT2D eigenvalue weighted by Crippen LogP contribution is 2.24. The topological polar surface area (TPSA) is 49.4 Å². The van der Waals surface area contributed by atoms with Crippen molar-refractivity contribution in [1.29, 1.82) is 0 Å². The molecule has 126 valence electrons. The van der Waals surface area contributed by atoms with Crippen LogP contribution in [0.5, 0.6) is 0 Å². The second-order valence-electron chi connectivity index (χ2n) is 5.35. The van der Waals surface area contributed by atoms with Crippen molar-refractivity contribution in [3.05, 3.63) is 58.3 Å². The Balaban J connectivity index is 2.05. The van der Waals surface area contributed by atoms with E-state index in [-0.39, 0.29) is 11.8 Å². The molecule has 0 saturated carbocycles. The number of benzene rings is 1. The summed E-state index contributed by atoms with van der Waals surface area (Å²) in [5, 5.41) is 2.03. The quantitative estimate of drug-likeness (QED) is 0.754. The fourth-order valence-corrected chi connectivity index (χ4v) is 4.61. The van der Waals surface area contributed by atoms with Gasteiger partial charge in [0.2, 0.25) is 10.0 Å². The predicted octanol–water partition coefficient (Wildman–Crippen LogP) is 3.25. The van der Waals surface area contributed by atoms with Gasteiger partial charge in [0, 0.05) is 11.4 Å². The van der Waals surface area contributed by atoms with Gasteiger partial charge >= 0.3 is 0 Å². The van der Waals surface area contributed by atoms with E-state index in [0.717, 1.165) is 18.7 Å². The van der Waals surface area contributed by atoms with Gasteiger partial charge in [-0.1, -0.05) is 50.2 Å². The lowest BCUT2D eigenvalue weighted by Gasteiger charge is -2.29. The van der Waals surface area contributed by atoms with Crippen LogP contribution in [0.3, 0.4) is 0 Å². The Morgan fingerprint density at radius 1 is 1.09 bits per heavy atom. The molecule has 1 aromatic carbocycles. The van der Waals surface area contributed by atoms with Crippen LogP contribution in [-0.2, 0) is 15.8 Å². The number of likely N-dealkylation sites (N-methyl/N-ethyl adjacent to an activating group) is 1. The molecule has 2 aromatic rings. The first kappa shape index (κ1) is 18.1. The van der Waals surface area contributed by atoms with Gasteiger partial charge in [-0.05, 0) is 30.1 Å². The Hall–Kier alpha value is -1.21. The van der Waals surface area contributed by atoms with Crippen molar-refractivity contribution >= 4 is 21.4 Å². The van der Waals surface area contributed by atoms with Crippen LogP contribution in [0.4, 0.5) is 0 Å². The van der Waals surface area contributed by atoms with E-state index >= 15 is 0 Å². The summed E-state index contributed by atoms with van der Waals surface area (Å²) in [6.07, 6.45) is 0. The SMILES string of the molecule is CCN(CC)C(CNS(=O)(=O)Cc1ccccc1)c1cccs1. The van der Waals surface area contributed by atoms with Crippen molar-refractivity contribution < 1.29 is 8.42 Å². The summed E-state index contributed by atoms with van der Waals surface area (Å²) in [5.41, 5.74) is 0.801. The fraction of sp³-hybridized carbons (Fsp3) is 0.412. The zero-order valence-corrected chi connectivity index (χ0v) is 15.2. The van der Waals surface area contributed by atoms with Crippen molar-refractivity contribution in [1.82, 2.24) is 9.62 Å². The van der Waals surface area contributed by atoms with Crippen LogP contribution in [0.25, 0.3) is 0 Å². The molecular weight excluding hydrogens is 328 g/mol. The van der Waals surface area contributed by atoms with Gasteiger partial charge in [-0.2, -0.15) is 0 Å². The molecule has 4 nitrogen and oxygen atoms in total. The molecule has 1 atom stereocenters. The summed E-state index contributed by atoms with van der Waals surface area (Å²) in [4.78, 5) is 3.47. The first-order valence-electron chi connectivity index (χ1n) is 7.84. The first-order chi connectivity index (χ1) is 11.1. The molecule has 1 unspecified atom stereocenters. The molecule has 0 amide bonds. The summed E-state index contributed by atoms with van der Waals surface area (Å²) in [6.45, 7) is 6.38. The molecule has 6 heteroatoms. The van der Waals surface area contributed by atoms with Gasteiger partial charge in [0.1, 0.15) is 0 Å². The maximum Gasteiger partial charge on any atom is 0.215 e. The monoisotopic (exact) mass is 352 g/mol. The number of thiophene rings is 1. The third-order valence-electron chi connectivity index (χ3n) is 3.82. The largest absolute Gasteiger partial charge is 0.295 e. The van der Waals surface area contributed by atoms with E-state index in [9.17, 15) is 8.42 Å². The molecule has 0 fully saturated rings. The van der Waals surface area contributed by atoms with Crippen molar-refractivity contribution in [3.63, 3.8) is 0 Å². The molecule has 0 radical (unpaired) electrons. The highest BCUT2D eigenvalue weighted by atomic mass is 32.2. The number of hydrogen-bond donors (Lipinski definition) is 1. The number of nitrogens with one attached hydrogen (secondary N) is 1. The van der Waals surface area contributed by atoms with Crippen LogP contribution in [-0.4, -0.2) is 33.0 Å². The molecule has 0 saturated heterocycles. The highest BCUT2D eigenvalue weighted by Gasteiger charge is 2.21. The van der Waals surface area contributed by atoms with Crippen molar-refractivity contribution in [2.45, 2.75) is 25.6 Å². The number of sulfonamides is 1. The number of nitrogens with zero attached hydrogens (tertiary/aromatic N) is 1. The van der Waals surface area contributed by atoms with E-state index in [1.807, 2.05) is 41.8 Å². The summed E-state index contributed by atoms with van der Waals surface area (Å²) < 4.78 is 27.5. The lowest BCUT2D eigenvalue weighted by Crippen LogP contribution is -2.38. The van der Waals surface area contributed by atoms with Crippen LogP contribution in [0.2, 0.25) is 0 Å². The summed E-state index contributed by atoms with van der Waals surface area (Å²) in [6, 6.07) is 13.4. The van der Waals surface area contributed by atoms with Crippen LogP contribution in [0.1, 0.15) is 30.3 Å². The van der Waals surface area contributed by atoms with Gasteiger partial charge in [0.05, 0.1) is 11.8 Å². The van der Waals surface area contributed by atoms with E-state index < -0.39 is 10.0 Å². The second-order valence-corrected chi connectivity index (χ2v) is 8.13. The standard InChI is InChI=1S/C17H24N2O2S2/c1-3-19(4-2)16(17-11-8-12-22-17)13-18-23(20,21)14-15-9-6-5-7-10-15/h5-12,16,18H,3-4,13-14H2,1-2H3. The fourth-order valence-electron chi connectivity index (χ4n) is 2.61. The van der Waals surface area contributed by atoms with E-state index in [1.54, 1.807) is 11.3 Å². The molecule has 0 aliphatic heterocycles. The van der Waals surface area contributed by atoms with Gasteiger partial charge in [0.25, 0.3) is 0 Å². The van der Waals surface area contributed by atoms with Crippen molar-refractivity contribution in [2.24, 2.45) is 0 Å². The van der Waals surface area contributed by atoms with Gasteiger partial charge in [0.15, 0.2) is 0 Å². The minimum absolute atomic E-state index is 0.0171. The molecule has 0 bridgehead atoms. The Morgan fingerprint density at radius 2 is 1.78 bits per heavy atom. The van der Waals surface area contributed by atoms with Gasteiger partial charge in [-0.3, -0.25) is 4.90 Å². The average molecular weight is 353 g/mol. The minimum atomic E-state index is -3.34. The molecule has 0 aliphatic rings. The second kappa shape index (κ2) is 8.59. The van der Waals surface area contributed by atoms with Gasteiger partial charge in [-0.15, -0.1) is 11.3 Å². The molecule has 1 N–H and O–H groups in total. The van der Waals surface area contributed by atoms with Crippen LogP contribution in [0, 0.1) is 0 Å². The number of rotatable bonds is 9. The Kier molecular flexibility index (Phi) is 6.77. The van der Waals surface area contributed by atoms with Crippen LogP contribution < -0.4 is 4.72 Å². The van der Waals surface area contributed by atoms with Crippen LogP contribution >= 0.6 is 11.3 Å². The van der Waals surface area contributed by atoms with Gasteiger partial charge < -0.3 is 0 Å². The lowest BCUT2D eigenvalue weighted by molar-refractivity contribution is 0.223. The molecule has 0 aliphatic carbocycles. The summed E-state index contributed by atoms with van der Waals surface area (Å²) in [5.74, 6) is 0.0171. The molecule has 1 heterocycles. The first-order valence-corrected chi connectivity index (χ1v) is 10.4. The maximum absolute atomic E-state index is 12.3. The predicted molar refractivity (Wildman–Crippen MR) is 97.0 cm³/mol. The van der Waals surface area contributed by atoms with Crippen molar-refractivity contribution in [3.8, 4) is 0 Å². The van der Waals surface area contributed by atoms with E-state index in [2.05, 4.69) is 29.5 Å². The zero-order valence-electron chi connectivity index (χ0n) is 13.6. The maximum atomic E-state index is 12.3. The molecule has 2 rings (SSSR count). The van der Waals surface area contributed by atoms with E-state index in [1.165, 1.54) is 4.88 Å².